The zero-order valence-electron chi connectivity index (χ0n) is 20.5. The van der Waals surface area contributed by atoms with E-state index in [-0.39, 0.29) is 6.10 Å². The standard InChI is InChI=1S/C24H30N8O3S/c1-16(2)17-9-24(31-28-13-17)30-23-5-4-21-22(29-23)8-18(12-27-21)19(10-25)11-26-6-7-35-20-14-32(15-20)36(3,33)34/h4-5,8-13,16,20,25-26H,6-7,14-15H2,1-3H3,(H,29,30,31)/b19-11+,25-10?. The van der Waals surface area contributed by atoms with E-state index in [0.29, 0.717) is 54.9 Å². The fraction of sp³-hybridized carbons (Fsp3) is 0.375. The average Bonchev–Trinajstić information content (AvgIpc) is 2.81. The first-order chi connectivity index (χ1) is 17.2. The van der Waals surface area contributed by atoms with Crippen LogP contribution in [0.1, 0.15) is 30.9 Å². The smallest absolute Gasteiger partial charge is 0.211 e. The Morgan fingerprint density at radius 2 is 2.03 bits per heavy atom. The molecule has 0 atom stereocenters. The largest absolute Gasteiger partial charge is 0.388 e. The minimum Gasteiger partial charge on any atom is -0.388 e. The number of allylic oxidation sites excluding steroid dienone is 1. The molecular weight excluding hydrogens is 480 g/mol. The zero-order chi connectivity index (χ0) is 25.7. The van der Waals surface area contributed by atoms with Crippen LogP contribution in [0.3, 0.4) is 0 Å². The van der Waals surface area contributed by atoms with E-state index in [1.54, 1.807) is 18.6 Å². The number of aromatic nitrogens is 4. The second kappa shape index (κ2) is 11.1. The number of nitrogens with one attached hydrogen (secondary N) is 3. The molecular formula is C24H30N8O3S. The van der Waals surface area contributed by atoms with Gasteiger partial charge in [0.2, 0.25) is 10.0 Å². The highest BCUT2D eigenvalue weighted by Gasteiger charge is 2.33. The fourth-order valence-corrected chi connectivity index (χ4v) is 4.45. The van der Waals surface area contributed by atoms with Crippen molar-refractivity contribution in [2.75, 3.05) is 37.8 Å². The summed E-state index contributed by atoms with van der Waals surface area (Å²) in [6.07, 6.45) is 7.57. The highest BCUT2D eigenvalue weighted by atomic mass is 32.2. The molecule has 0 saturated carbocycles. The van der Waals surface area contributed by atoms with Crippen LogP contribution in [0.25, 0.3) is 16.6 Å². The molecule has 3 aromatic rings. The molecule has 0 amide bonds. The Kier molecular flexibility index (Phi) is 7.87. The van der Waals surface area contributed by atoms with Crippen molar-refractivity contribution in [1.82, 2.24) is 29.8 Å². The third-order valence-corrected chi connectivity index (χ3v) is 7.00. The van der Waals surface area contributed by atoms with E-state index in [4.69, 9.17) is 10.1 Å². The molecule has 0 aliphatic carbocycles. The molecule has 3 N–H and O–H groups in total. The van der Waals surface area contributed by atoms with Crippen LogP contribution in [-0.4, -0.2) is 77.7 Å². The van der Waals surface area contributed by atoms with Crippen LogP contribution < -0.4 is 10.6 Å². The molecule has 1 aliphatic heterocycles. The highest BCUT2D eigenvalue weighted by Crippen LogP contribution is 2.22. The van der Waals surface area contributed by atoms with Crippen molar-refractivity contribution in [2.45, 2.75) is 25.9 Å². The molecule has 0 unspecified atom stereocenters. The van der Waals surface area contributed by atoms with Gasteiger partial charge in [0, 0.05) is 49.4 Å². The normalized spacial score (nSPS) is 15.2. The molecule has 1 fully saturated rings. The van der Waals surface area contributed by atoms with Gasteiger partial charge in [-0.2, -0.15) is 9.40 Å². The predicted molar refractivity (Wildman–Crippen MR) is 140 cm³/mol. The minimum absolute atomic E-state index is 0.0786. The molecule has 11 nitrogen and oxygen atoms in total. The van der Waals surface area contributed by atoms with Gasteiger partial charge < -0.3 is 20.8 Å². The summed E-state index contributed by atoms with van der Waals surface area (Å²) >= 11 is 0. The van der Waals surface area contributed by atoms with Crippen LogP contribution in [0.15, 0.2) is 42.9 Å². The number of hydrogen-bond acceptors (Lipinski definition) is 10. The SMILES string of the molecule is CC(C)c1cnnc(Nc2ccc3ncc(/C(C=N)=C/NCCOC4CN(S(C)(=O)=O)C4)cc3n2)c1. The fourth-order valence-electron chi connectivity index (χ4n) is 3.58. The third kappa shape index (κ3) is 6.39. The lowest BCUT2D eigenvalue weighted by Gasteiger charge is -2.36. The summed E-state index contributed by atoms with van der Waals surface area (Å²) in [7, 11) is -3.14. The number of sulfonamides is 1. The number of nitrogens with zero attached hydrogens (tertiary/aromatic N) is 5. The van der Waals surface area contributed by atoms with Gasteiger partial charge in [-0.3, -0.25) is 4.98 Å². The van der Waals surface area contributed by atoms with Gasteiger partial charge in [-0.25, -0.2) is 13.4 Å². The van der Waals surface area contributed by atoms with E-state index in [1.807, 2.05) is 24.3 Å². The molecule has 0 radical (unpaired) electrons. The number of hydrogen-bond donors (Lipinski definition) is 3. The quantitative estimate of drug-likeness (QED) is 0.261. The van der Waals surface area contributed by atoms with Crippen LogP contribution >= 0.6 is 0 Å². The number of fused-ring (bicyclic) bond motifs is 1. The van der Waals surface area contributed by atoms with Gasteiger partial charge in [-0.1, -0.05) is 13.8 Å². The number of pyridine rings is 2. The van der Waals surface area contributed by atoms with Gasteiger partial charge in [0.05, 0.1) is 36.2 Å². The maximum atomic E-state index is 11.4. The van der Waals surface area contributed by atoms with Gasteiger partial charge in [0.25, 0.3) is 0 Å². The van der Waals surface area contributed by atoms with Crippen molar-refractivity contribution in [1.29, 1.82) is 5.41 Å². The molecule has 190 valence electrons. The lowest BCUT2D eigenvalue weighted by molar-refractivity contribution is -0.0171. The van der Waals surface area contributed by atoms with Crippen LogP contribution in [0.5, 0.6) is 0 Å². The molecule has 1 saturated heterocycles. The van der Waals surface area contributed by atoms with Crippen molar-refractivity contribution in [3.63, 3.8) is 0 Å². The zero-order valence-corrected chi connectivity index (χ0v) is 21.3. The maximum absolute atomic E-state index is 11.4. The van der Waals surface area contributed by atoms with Crippen LogP contribution in [0.4, 0.5) is 11.6 Å². The van der Waals surface area contributed by atoms with Crippen LogP contribution in [0.2, 0.25) is 0 Å². The van der Waals surface area contributed by atoms with E-state index >= 15 is 0 Å². The summed E-state index contributed by atoms with van der Waals surface area (Å²) in [6.45, 7) is 5.93. The molecule has 1 aliphatic rings. The molecule has 0 bridgehead atoms. The lowest BCUT2D eigenvalue weighted by atomic mass is 10.1. The Balaban J connectivity index is 1.37. The summed E-state index contributed by atoms with van der Waals surface area (Å²) in [4.78, 5) is 9.14. The van der Waals surface area contributed by atoms with Gasteiger partial charge in [-0.15, -0.1) is 5.10 Å². The third-order valence-electron chi connectivity index (χ3n) is 5.77. The monoisotopic (exact) mass is 510 g/mol. The summed E-state index contributed by atoms with van der Waals surface area (Å²) < 4.78 is 29.9. The van der Waals surface area contributed by atoms with Gasteiger partial charge in [0.15, 0.2) is 5.82 Å². The first-order valence-corrected chi connectivity index (χ1v) is 13.5. The first-order valence-electron chi connectivity index (χ1n) is 11.6. The summed E-state index contributed by atoms with van der Waals surface area (Å²) in [5, 5.41) is 22.3. The molecule has 12 heteroatoms. The van der Waals surface area contributed by atoms with Gasteiger partial charge in [-0.05, 0) is 35.7 Å². The molecule has 4 heterocycles. The van der Waals surface area contributed by atoms with E-state index in [9.17, 15) is 8.42 Å². The van der Waals surface area contributed by atoms with Crippen molar-refractivity contribution in [2.24, 2.45) is 0 Å². The average molecular weight is 511 g/mol. The van der Waals surface area contributed by atoms with E-state index in [0.717, 1.165) is 16.6 Å². The Labute approximate surface area is 210 Å². The lowest BCUT2D eigenvalue weighted by Crippen LogP contribution is -2.54. The number of ether oxygens (including phenoxy) is 1. The van der Waals surface area contributed by atoms with E-state index in [2.05, 4.69) is 44.6 Å². The summed E-state index contributed by atoms with van der Waals surface area (Å²) in [5.74, 6) is 1.58. The van der Waals surface area contributed by atoms with E-state index in [1.165, 1.54) is 16.8 Å². The Morgan fingerprint density at radius 1 is 1.22 bits per heavy atom. The van der Waals surface area contributed by atoms with Crippen molar-refractivity contribution in [3.8, 4) is 0 Å². The van der Waals surface area contributed by atoms with Crippen molar-refractivity contribution < 1.29 is 13.2 Å². The highest BCUT2D eigenvalue weighted by molar-refractivity contribution is 7.88. The summed E-state index contributed by atoms with van der Waals surface area (Å²) in [6, 6.07) is 7.55. The number of rotatable bonds is 11. The molecule has 3 aromatic heterocycles. The Hall–Kier alpha value is -3.48. The van der Waals surface area contributed by atoms with Crippen molar-refractivity contribution >= 4 is 44.5 Å². The summed E-state index contributed by atoms with van der Waals surface area (Å²) in [5.41, 5.74) is 3.90. The predicted octanol–water partition coefficient (Wildman–Crippen LogP) is 2.53. The van der Waals surface area contributed by atoms with Gasteiger partial charge >= 0.3 is 0 Å². The van der Waals surface area contributed by atoms with E-state index < -0.39 is 10.0 Å². The Morgan fingerprint density at radius 3 is 2.75 bits per heavy atom. The second-order valence-corrected chi connectivity index (χ2v) is 10.9. The maximum Gasteiger partial charge on any atom is 0.211 e. The second-order valence-electron chi connectivity index (χ2n) is 8.88. The Bertz CT molecular complexity index is 1370. The topological polar surface area (TPSA) is 146 Å². The minimum atomic E-state index is -3.14. The molecule has 4 rings (SSSR count). The first kappa shape index (κ1) is 25.6. The molecule has 0 spiro atoms. The number of anilines is 2. The molecule has 0 aromatic carbocycles. The molecule has 36 heavy (non-hydrogen) atoms. The van der Waals surface area contributed by atoms with Crippen LogP contribution in [0, 0.1) is 5.41 Å². The van der Waals surface area contributed by atoms with Crippen molar-refractivity contribution in [3.05, 3.63) is 54.0 Å². The van der Waals surface area contributed by atoms with Crippen LogP contribution in [-0.2, 0) is 14.8 Å². The van der Waals surface area contributed by atoms with Gasteiger partial charge in [0.1, 0.15) is 5.82 Å².